The van der Waals surface area contributed by atoms with E-state index in [1.807, 2.05) is 51.1 Å². The zero-order chi connectivity index (χ0) is 22.1. The highest BCUT2D eigenvalue weighted by atomic mass is 19.1. The number of rotatable bonds is 9. The Morgan fingerprint density at radius 2 is 1.83 bits per heavy atom. The highest BCUT2D eigenvalue weighted by Gasteiger charge is 2.10. The lowest BCUT2D eigenvalue weighted by Crippen LogP contribution is -2.39. The number of hydrogen-bond acceptors (Lipinski definition) is 4. The molecular weight excluding hydrogens is 383 g/mol. The summed E-state index contributed by atoms with van der Waals surface area (Å²) < 4.78 is 19.8. The van der Waals surface area contributed by atoms with Crippen LogP contribution < -0.4 is 20.3 Å². The number of benzene rings is 2. The third kappa shape index (κ3) is 7.22. The van der Waals surface area contributed by atoms with Gasteiger partial charge >= 0.3 is 0 Å². The van der Waals surface area contributed by atoms with Crippen molar-refractivity contribution in [2.45, 2.75) is 39.5 Å². The van der Waals surface area contributed by atoms with Gasteiger partial charge in [0.05, 0.1) is 24.4 Å². The summed E-state index contributed by atoms with van der Waals surface area (Å²) in [5, 5.41) is 16.8. The van der Waals surface area contributed by atoms with E-state index in [0.717, 1.165) is 16.9 Å². The molecule has 3 N–H and O–H groups in total. The largest absolute Gasteiger partial charge is 0.491 e. The van der Waals surface area contributed by atoms with Crippen LogP contribution in [0.5, 0.6) is 5.75 Å². The number of ether oxygens (including phenoxy) is 1. The Labute approximate surface area is 178 Å². The third-order valence-electron chi connectivity index (χ3n) is 4.36. The maximum Gasteiger partial charge on any atom is 0.191 e. The number of nitrogens with one attached hydrogen (secondary N) is 2. The molecule has 0 radical (unpaired) electrons. The lowest BCUT2D eigenvalue weighted by Gasteiger charge is -2.17. The van der Waals surface area contributed by atoms with Crippen molar-refractivity contribution < 1.29 is 14.2 Å². The summed E-state index contributed by atoms with van der Waals surface area (Å²) in [4.78, 5) is 6.23. The molecule has 7 heteroatoms. The summed E-state index contributed by atoms with van der Waals surface area (Å²) in [5.41, 5.74) is 2.10. The predicted octanol–water partition coefficient (Wildman–Crippen LogP) is 3.47. The van der Waals surface area contributed by atoms with Crippen molar-refractivity contribution in [2.75, 3.05) is 32.1 Å². The molecule has 0 aliphatic heterocycles. The van der Waals surface area contributed by atoms with E-state index in [0.29, 0.717) is 31.3 Å². The first-order chi connectivity index (χ1) is 14.3. The fraction of sp³-hybridized carbons (Fsp3) is 0.435. The molecule has 0 bridgehead atoms. The molecule has 1 atom stereocenters. The van der Waals surface area contributed by atoms with Gasteiger partial charge in [0, 0.05) is 27.2 Å². The van der Waals surface area contributed by atoms with E-state index in [4.69, 9.17) is 4.74 Å². The zero-order valence-corrected chi connectivity index (χ0v) is 18.4. The van der Waals surface area contributed by atoms with Crippen LogP contribution in [0.3, 0.4) is 0 Å². The Bertz CT molecular complexity index is 822. The second-order valence-electron chi connectivity index (χ2n) is 7.51. The molecule has 1 unspecified atom stereocenters. The minimum absolute atomic E-state index is 0.105. The first kappa shape index (κ1) is 23.5. The van der Waals surface area contributed by atoms with Gasteiger partial charge in [-0.15, -0.1) is 0 Å². The standard InChI is InChI=1S/C23H33FN4O2/c1-6-25-23(26-14-17-7-12-21(28(4)5)20(24)13-17)27-15-22(29)18-8-10-19(11-9-18)30-16(2)3/h7-13,16,22,29H,6,14-15H2,1-5H3,(H2,25,26,27). The minimum Gasteiger partial charge on any atom is -0.491 e. The van der Waals surface area contributed by atoms with Crippen molar-refractivity contribution in [2.24, 2.45) is 4.99 Å². The Balaban J connectivity index is 1.96. The van der Waals surface area contributed by atoms with Crippen LogP contribution in [-0.4, -0.2) is 44.4 Å². The summed E-state index contributed by atoms with van der Waals surface area (Å²) in [5.74, 6) is 1.07. The summed E-state index contributed by atoms with van der Waals surface area (Å²) in [6.07, 6.45) is -0.590. The molecule has 0 saturated carbocycles. The number of nitrogens with zero attached hydrogens (tertiary/aromatic N) is 2. The lowest BCUT2D eigenvalue weighted by molar-refractivity contribution is 0.180. The third-order valence-corrected chi connectivity index (χ3v) is 4.36. The Morgan fingerprint density at radius 3 is 2.40 bits per heavy atom. The molecule has 6 nitrogen and oxygen atoms in total. The SMILES string of the molecule is CCNC(=NCc1ccc(N(C)C)c(F)c1)NCC(O)c1ccc(OC(C)C)cc1. The van der Waals surface area contributed by atoms with Crippen LogP contribution in [0.15, 0.2) is 47.5 Å². The van der Waals surface area contributed by atoms with E-state index in [1.165, 1.54) is 6.07 Å². The second-order valence-corrected chi connectivity index (χ2v) is 7.51. The molecule has 0 aliphatic rings. The van der Waals surface area contributed by atoms with Gasteiger partial charge in [0.2, 0.25) is 0 Å². The molecule has 30 heavy (non-hydrogen) atoms. The lowest BCUT2D eigenvalue weighted by atomic mass is 10.1. The van der Waals surface area contributed by atoms with E-state index in [9.17, 15) is 9.50 Å². The van der Waals surface area contributed by atoms with E-state index in [2.05, 4.69) is 15.6 Å². The molecule has 0 spiro atoms. The average Bonchev–Trinajstić information content (AvgIpc) is 2.69. The van der Waals surface area contributed by atoms with E-state index in [-0.39, 0.29) is 11.9 Å². The van der Waals surface area contributed by atoms with Crippen molar-refractivity contribution >= 4 is 11.6 Å². The van der Waals surface area contributed by atoms with Gasteiger partial charge in [-0.05, 0) is 56.2 Å². The topological polar surface area (TPSA) is 69.1 Å². The van der Waals surface area contributed by atoms with Crippen molar-refractivity contribution in [3.05, 3.63) is 59.4 Å². The van der Waals surface area contributed by atoms with Crippen LogP contribution in [-0.2, 0) is 6.54 Å². The molecule has 0 saturated heterocycles. The second kappa shape index (κ2) is 11.4. The normalized spacial score (nSPS) is 12.6. The molecule has 0 aliphatic carbocycles. The first-order valence-corrected chi connectivity index (χ1v) is 10.2. The van der Waals surface area contributed by atoms with E-state index in [1.54, 1.807) is 25.1 Å². The summed E-state index contributed by atoms with van der Waals surface area (Å²) in [7, 11) is 3.61. The molecule has 0 heterocycles. The van der Waals surface area contributed by atoms with Crippen LogP contribution in [0.4, 0.5) is 10.1 Å². The monoisotopic (exact) mass is 416 g/mol. The van der Waals surface area contributed by atoms with Crippen LogP contribution in [0, 0.1) is 5.82 Å². The first-order valence-electron chi connectivity index (χ1n) is 10.2. The highest BCUT2D eigenvalue weighted by molar-refractivity contribution is 5.79. The fourth-order valence-corrected chi connectivity index (χ4v) is 2.88. The predicted molar refractivity (Wildman–Crippen MR) is 121 cm³/mol. The highest BCUT2D eigenvalue weighted by Crippen LogP contribution is 2.19. The molecule has 0 aromatic heterocycles. The van der Waals surface area contributed by atoms with Crippen LogP contribution >= 0.6 is 0 Å². The summed E-state index contributed by atoms with van der Waals surface area (Å²) in [6, 6.07) is 12.5. The average molecular weight is 417 g/mol. The number of anilines is 1. The molecule has 164 valence electrons. The molecule has 0 amide bonds. The fourth-order valence-electron chi connectivity index (χ4n) is 2.88. The van der Waals surface area contributed by atoms with Gasteiger partial charge < -0.3 is 25.4 Å². The molecule has 0 fully saturated rings. The number of halogens is 1. The quantitative estimate of drug-likeness (QED) is 0.431. The van der Waals surface area contributed by atoms with Gasteiger partial charge in [-0.3, -0.25) is 0 Å². The molecule has 2 rings (SSSR count). The number of aliphatic imine (C=N–C) groups is 1. The smallest absolute Gasteiger partial charge is 0.191 e. The van der Waals surface area contributed by atoms with E-state index < -0.39 is 6.10 Å². The van der Waals surface area contributed by atoms with Gasteiger partial charge in [0.25, 0.3) is 0 Å². The Hall–Kier alpha value is -2.80. The van der Waals surface area contributed by atoms with Gasteiger partial charge in [0.15, 0.2) is 5.96 Å². The zero-order valence-electron chi connectivity index (χ0n) is 18.4. The molecular formula is C23H33FN4O2. The Morgan fingerprint density at radius 1 is 1.13 bits per heavy atom. The van der Waals surface area contributed by atoms with Crippen molar-refractivity contribution in [3.63, 3.8) is 0 Å². The maximum absolute atomic E-state index is 14.1. The number of guanidine groups is 1. The van der Waals surface area contributed by atoms with Gasteiger partial charge in [0.1, 0.15) is 11.6 Å². The molecule has 2 aromatic carbocycles. The minimum atomic E-state index is -0.696. The van der Waals surface area contributed by atoms with Crippen molar-refractivity contribution in [1.82, 2.24) is 10.6 Å². The van der Waals surface area contributed by atoms with Crippen LogP contribution in [0.2, 0.25) is 0 Å². The molecule has 2 aromatic rings. The Kier molecular flexibility index (Phi) is 8.92. The maximum atomic E-state index is 14.1. The van der Waals surface area contributed by atoms with Crippen LogP contribution in [0.1, 0.15) is 38.0 Å². The van der Waals surface area contributed by atoms with Crippen molar-refractivity contribution in [1.29, 1.82) is 0 Å². The number of hydrogen-bond donors (Lipinski definition) is 3. The number of aliphatic hydroxyl groups excluding tert-OH is 1. The van der Waals surface area contributed by atoms with E-state index >= 15 is 0 Å². The summed E-state index contributed by atoms with van der Waals surface area (Å²) >= 11 is 0. The number of aliphatic hydroxyl groups is 1. The summed E-state index contributed by atoms with van der Waals surface area (Å²) in [6.45, 7) is 7.21. The van der Waals surface area contributed by atoms with Gasteiger partial charge in [-0.2, -0.15) is 0 Å². The van der Waals surface area contributed by atoms with Crippen molar-refractivity contribution in [3.8, 4) is 5.75 Å². The van der Waals surface area contributed by atoms with Crippen LogP contribution in [0.25, 0.3) is 0 Å². The van der Waals surface area contributed by atoms with Gasteiger partial charge in [-0.25, -0.2) is 9.38 Å². The van der Waals surface area contributed by atoms with Gasteiger partial charge in [-0.1, -0.05) is 18.2 Å².